The molecule has 3 N–H and O–H groups in total. The Bertz CT molecular complexity index is 2470. The zero-order valence-electron chi connectivity index (χ0n) is 39.3. The number of carbonyl (C=O) groups excluding carboxylic acids is 1. The van der Waals surface area contributed by atoms with E-state index in [9.17, 15) is 10.1 Å². The molecule has 2 fully saturated rings. The maximum atomic E-state index is 11.4. The van der Waals surface area contributed by atoms with Crippen molar-refractivity contribution in [1.29, 1.82) is 10.5 Å². The monoisotopic (exact) mass is 885 g/mol. The van der Waals surface area contributed by atoms with Crippen LogP contribution in [-0.2, 0) is 44.1 Å². The van der Waals surface area contributed by atoms with Gasteiger partial charge in [-0.3, -0.25) is 14.6 Å². The maximum absolute atomic E-state index is 11.4. The van der Waals surface area contributed by atoms with Gasteiger partial charge in [0.25, 0.3) is 0 Å². The van der Waals surface area contributed by atoms with Gasteiger partial charge in [-0.2, -0.15) is 10.5 Å². The number of likely N-dealkylation sites (tertiary alicyclic amines) is 2. The van der Waals surface area contributed by atoms with Crippen LogP contribution in [0.25, 0.3) is 22.1 Å². The van der Waals surface area contributed by atoms with Crippen LogP contribution in [0.4, 0.5) is 0 Å². The predicted molar refractivity (Wildman–Crippen MR) is 252 cm³/mol. The Kier molecular flexibility index (Phi) is 17.1. The van der Waals surface area contributed by atoms with E-state index in [0.29, 0.717) is 24.7 Å². The SMILES string of the molecule is CC(C)(C)Cn1c(CN2CCC(=O)CC2)cc2cnc(C#N)nc21.CC(C)(C)Cn1c(CN2CCC(NCCCn3ccnc3)CC2)cc2cnc(C#N)nc21.NCCCn1ccnc1. The van der Waals surface area contributed by atoms with E-state index in [1.165, 1.54) is 24.2 Å². The zero-order valence-corrected chi connectivity index (χ0v) is 39.3. The van der Waals surface area contributed by atoms with E-state index in [1.807, 2.05) is 35.6 Å². The highest BCUT2D eigenvalue weighted by atomic mass is 16.1. The van der Waals surface area contributed by atoms with E-state index in [2.05, 4.69) is 118 Å². The number of hydrogen-bond donors (Lipinski definition) is 2. The van der Waals surface area contributed by atoms with Crippen LogP contribution in [0.5, 0.6) is 0 Å². The molecule has 0 radical (unpaired) electrons. The van der Waals surface area contributed by atoms with Crippen molar-refractivity contribution in [3.63, 3.8) is 0 Å². The molecule has 17 nitrogen and oxygen atoms in total. The smallest absolute Gasteiger partial charge is 0.234 e. The summed E-state index contributed by atoms with van der Waals surface area (Å²) in [6.07, 6.45) is 20.5. The average molecular weight is 885 g/mol. The number of hydrogen-bond acceptors (Lipinski definition) is 13. The lowest BCUT2D eigenvalue weighted by molar-refractivity contribution is -0.121. The molecule has 2 aliphatic rings. The summed E-state index contributed by atoms with van der Waals surface area (Å²) in [4.78, 5) is 41.5. The summed E-state index contributed by atoms with van der Waals surface area (Å²) < 4.78 is 8.64. The molecule has 2 aliphatic heterocycles. The number of aromatic nitrogens is 10. The number of carbonyl (C=O) groups is 1. The molecule has 346 valence electrons. The van der Waals surface area contributed by atoms with Crippen LogP contribution in [0.1, 0.15) is 103 Å². The normalized spacial score (nSPS) is 15.3. The molecule has 0 amide bonds. The van der Waals surface area contributed by atoms with Crippen molar-refractivity contribution < 1.29 is 4.79 Å². The van der Waals surface area contributed by atoms with Crippen molar-refractivity contribution in [2.45, 2.75) is 125 Å². The van der Waals surface area contributed by atoms with Gasteiger partial charge in [0.2, 0.25) is 11.6 Å². The lowest BCUT2D eigenvalue weighted by atomic mass is 9.96. The highest BCUT2D eigenvalue weighted by Gasteiger charge is 2.24. The summed E-state index contributed by atoms with van der Waals surface area (Å²) in [6.45, 7) is 24.2. The van der Waals surface area contributed by atoms with E-state index in [4.69, 9.17) is 11.0 Å². The van der Waals surface area contributed by atoms with Crippen molar-refractivity contribution in [2.75, 3.05) is 39.3 Å². The van der Waals surface area contributed by atoms with Gasteiger partial charge in [-0.1, -0.05) is 41.5 Å². The Morgan fingerprint density at radius 1 is 0.723 bits per heavy atom. The molecule has 0 bridgehead atoms. The van der Waals surface area contributed by atoms with Crippen LogP contribution in [-0.4, -0.2) is 109 Å². The molecule has 6 aromatic heterocycles. The Morgan fingerprint density at radius 3 is 1.63 bits per heavy atom. The molecule has 17 heteroatoms. The summed E-state index contributed by atoms with van der Waals surface area (Å²) in [5.74, 6) is 0.786. The van der Waals surface area contributed by atoms with Gasteiger partial charge in [0.05, 0.1) is 12.7 Å². The number of ketones is 1. The Balaban J connectivity index is 0.000000186. The van der Waals surface area contributed by atoms with Crippen molar-refractivity contribution in [1.82, 2.24) is 63.3 Å². The third kappa shape index (κ3) is 14.8. The van der Waals surface area contributed by atoms with Gasteiger partial charge < -0.3 is 29.3 Å². The number of imidazole rings is 2. The first kappa shape index (κ1) is 48.6. The number of piperidine rings is 2. The molecular weight excluding hydrogens is 817 g/mol. The number of nitrogens with two attached hydrogens (primary N) is 1. The van der Waals surface area contributed by atoms with Gasteiger partial charge in [-0.05, 0) is 61.7 Å². The van der Waals surface area contributed by atoms with Crippen molar-refractivity contribution in [2.24, 2.45) is 16.6 Å². The van der Waals surface area contributed by atoms with Gasteiger partial charge >= 0.3 is 0 Å². The molecule has 65 heavy (non-hydrogen) atoms. The summed E-state index contributed by atoms with van der Waals surface area (Å²) in [7, 11) is 0. The molecule has 8 heterocycles. The van der Waals surface area contributed by atoms with Crippen LogP contribution in [0, 0.1) is 33.5 Å². The summed E-state index contributed by atoms with van der Waals surface area (Å²) in [6, 6.07) is 9.00. The van der Waals surface area contributed by atoms with Gasteiger partial charge in [-0.15, -0.1) is 0 Å². The van der Waals surface area contributed by atoms with Gasteiger partial charge in [-0.25, -0.2) is 29.9 Å². The van der Waals surface area contributed by atoms with Crippen LogP contribution < -0.4 is 11.1 Å². The summed E-state index contributed by atoms with van der Waals surface area (Å²) in [5, 5.41) is 24.0. The molecular formula is C48H68N16O. The standard InChI is InChI=1S/C24H34N8.C18H23N5O.C6H11N3/c1-24(2,3)17-32-21(13-19-15-28-22(14-25)29-23(19)32)16-30-10-5-20(6-11-30)27-7-4-9-31-12-8-26-18-31;1-18(2,3)12-23-14(11-22-6-4-15(24)5-7-22)8-13-10-20-16(9-19)21-17(13)23;7-2-1-4-9-5-3-8-6-9/h8,12-13,15,18,20,27H,4-7,9-11,16-17H2,1-3H3;8,10H,4-7,11-12H2,1-3H3;3,5-6H,1-2,4,7H2. The summed E-state index contributed by atoms with van der Waals surface area (Å²) >= 11 is 0. The van der Waals surface area contributed by atoms with Gasteiger partial charge in [0.1, 0.15) is 29.2 Å². The molecule has 0 aliphatic carbocycles. The minimum Gasteiger partial charge on any atom is -0.337 e. The second-order valence-electron chi connectivity index (χ2n) is 19.6. The Morgan fingerprint density at radius 2 is 1.20 bits per heavy atom. The van der Waals surface area contributed by atoms with Gasteiger partial charge in [0, 0.05) is 144 Å². The highest BCUT2D eigenvalue weighted by molar-refractivity contribution is 5.79. The topological polar surface area (TPSA) is 206 Å². The quantitative estimate of drug-likeness (QED) is 0.122. The number of fused-ring (bicyclic) bond motifs is 2. The fraction of sp³-hybridized carbons (Fsp3) is 0.562. The van der Waals surface area contributed by atoms with E-state index < -0.39 is 0 Å². The maximum Gasteiger partial charge on any atom is 0.234 e. The fourth-order valence-electron chi connectivity index (χ4n) is 8.25. The number of rotatable bonds is 14. The van der Waals surface area contributed by atoms with Crippen molar-refractivity contribution in [3.05, 3.63) is 85.0 Å². The van der Waals surface area contributed by atoms with Crippen molar-refractivity contribution >= 4 is 27.9 Å². The number of nitriles is 2. The molecule has 2 saturated heterocycles. The van der Waals surface area contributed by atoms with Crippen molar-refractivity contribution in [3.8, 4) is 12.1 Å². The average Bonchev–Trinajstić information content (AvgIpc) is 4.11. The highest BCUT2D eigenvalue weighted by Crippen LogP contribution is 2.27. The summed E-state index contributed by atoms with van der Waals surface area (Å²) in [5.41, 5.74) is 9.63. The Labute approximate surface area is 383 Å². The zero-order chi connectivity index (χ0) is 46.4. The third-order valence-corrected chi connectivity index (χ3v) is 11.4. The minimum atomic E-state index is 0.0936. The molecule has 8 rings (SSSR count). The van der Waals surface area contributed by atoms with Gasteiger partial charge in [0.15, 0.2) is 0 Å². The minimum absolute atomic E-state index is 0.0936. The second-order valence-corrected chi connectivity index (χ2v) is 19.6. The number of aryl methyl sites for hydroxylation is 2. The first-order valence-corrected chi connectivity index (χ1v) is 23.0. The fourth-order valence-corrected chi connectivity index (χ4v) is 8.25. The molecule has 0 saturated carbocycles. The lowest BCUT2D eigenvalue weighted by Gasteiger charge is -2.33. The number of nitrogens with zero attached hydrogens (tertiary/aromatic N) is 14. The van der Waals surface area contributed by atoms with Crippen LogP contribution in [0.3, 0.4) is 0 Å². The molecule has 6 aromatic rings. The number of nitrogens with one attached hydrogen (secondary N) is 1. The second kappa shape index (κ2) is 22.9. The molecule has 0 aromatic carbocycles. The predicted octanol–water partition coefficient (Wildman–Crippen LogP) is 5.94. The third-order valence-electron chi connectivity index (χ3n) is 11.4. The van der Waals surface area contributed by atoms with E-state index in [0.717, 1.165) is 113 Å². The van der Waals surface area contributed by atoms with Crippen LogP contribution >= 0.6 is 0 Å². The van der Waals surface area contributed by atoms with Crippen LogP contribution in [0.2, 0.25) is 0 Å². The number of Topliss-reactive ketones (excluding diaryl/α,β-unsaturated/α-hetero) is 1. The largest absolute Gasteiger partial charge is 0.337 e. The molecule has 0 unspecified atom stereocenters. The van der Waals surface area contributed by atoms with E-state index in [1.54, 1.807) is 24.9 Å². The lowest BCUT2D eigenvalue weighted by Crippen LogP contribution is -2.42. The molecule has 0 spiro atoms. The van der Waals surface area contributed by atoms with E-state index in [-0.39, 0.29) is 22.5 Å². The first-order valence-electron chi connectivity index (χ1n) is 23.0. The van der Waals surface area contributed by atoms with E-state index >= 15 is 0 Å². The molecule has 0 atom stereocenters. The Hall–Kier alpha value is -5.85. The first-order chi connectivity index (χ1) is 31.2. The van der Waals surface area contributed by atoms with Crippen LogP contribution in [0.15, 0.2) is 62.0 Å².